The summed E-state index contributed by atoms with van der Waals surface area (Å²) in [5.41, 5.74) is 6.63. The van der Waals surface area contributed by atoms with Crippen molar-refractivity contribution in [3.8, 4) is 0 Å². The third-order valence-corrected chi connectivity index (χ3v) is 2.20. The molecule has 0 fully saturated rings. The van der Waals surface area contributed by atoms with Crippen LogP contribution in [0.25, 0.3) is 0 Å². The van der Waals surface area contributed by atoms with Crippen LogP contribution in [-0.4, -0.2) is 6.54 Å². The normalized spacial score (nSPS) is 10.3. The third kappa shape index (κ3) is 2.76. The molecule has 0 saturated carbocycles. The molecule has 1 heterocycles. The zero-order valence-electron chi connectivity index (χ0n) is 8.74. The number of nitrogen functional groups attached to an aromatic ring is 1. The average Bonchev–Trinajstić information content (AvgIpc) is 2.69. The van der Waals surface area contributed by atoms with Crippen LogP contribution in [0.5, 0.6) is 0 Å². The number of hydrogen-bond acceptors (Lipinski definition) is 3. The van der Waals surface area contributed by atoms with Gasteiger partial charge in [0.15, 0.2) is 0 Å². The van der Waals surface area contributed by atoms with E-state index in [1.807, 2.05) is 12.1 Å². The van der Waals surface area contributed by atoms with Gasteiger partial charge in [0.25, 0.3) is 0 Å². The molecular formula is C12H13FN2O. The number of anilines is 2. The first-order valence-electron chi connectivity index (χ1n) is 5.06. The minimum atomic E-state index is -0.333. The van der Waals surface area contributed by atoms with Gasteiger partial charge in [0.2, 0.25) is 0 Å². The third-order valence-electron chi connectivity index (χ3n) is 2.20. The summed E-state index contributed by atoms with van der Waals surface area (Å²) in [6, 6.07) is 8.15. The van der Waals surface area contributed by atoms with Gasteiger partial charge in [0.05, 0.1) is 6.26 Å². The molecule has 0 saturated heterocycles. The molecule has 0 aliphatic rings. The SMILES string of the molecule is Nc1cc(F)cc(NCCc2ccco2)c1. The van der Waals surface area contributed by atoms with Crippen LogP contribution < -0.4 is 11.1 Å². The van der Waals surface area contributed by atoms with E-state index in [1.54, 1.807) is 12.3 Å². The summed E-state index contributed by atoms with van der Waals surface area (Å²) in [4.78, 5) is 0. The van der Waals surface area contributed by atoms with Crippen molar-refractivity contribution in [3.63, 3.8) is 0 Å². The molecule has 0 bridgehead atoms. The van der Waals surface area contributed by atoms with Gasteiger partial charge in [-0.1, -0.05) is 0 Å². The van der Waals surface area contributed by atoms with Crippen molar-refractivity contribution in [3.05, 3.63) is 48.2 Å². The Labute approximate surface area is 93.1 Å². The second-order valence-corrected chi connectivity index (χ2v) is 3.53. The highest BCUT2D eigenvalue weighted by atomic mass is 19.1. The largest absolute Gasteiger partial charge is 0.469 e. The lowest BCUT2D eigenvalue weighted by molar-refractivity contribution is 0.513. The molecule has 0 atom stereocenters. The first-order valence-corrected chi connectivity index (χ1v) is 5.06. The van der Waals surface area contributed by atoms with Crippen LogP contribution in [-0.2, 0) is 6.42 Å². The second-order valence-electron chi connectivity index (χ2n) is 3.53. The highest BCUT2D eigenvalue weighted by molar-refractivity contribution is 5.54. The van der Waals surface area contributed by atoms with Crippen LogP contribution >= 0.6 is 0 Å². The molecular weight excluding hydrogens is 207 g/mol. The maximum atomic E-state index is 13.0. The number of hydrogen-bond donors (Lipinski definition) is 2. The van der Waals surface area contributed by atoms with E-state index in [1.165, 1.54) is 12.1 Å². The lowest BCUT2D eigenvalue weighted by Crippen LogP contribution is -2.05. The molecule has 0 amide bonds. The molecule has 0 aliphatic carbocycles. The summed E-state index contributed by atoms with van der Waals surface area (Å²) >= 11 is 0. The van der Waals surface area contributed by atoms with Crippen molar-refractivity contribution in [1.82, 2.24) is 0 Å². The maximum absolute atomic E-state index is 13.0. The second kappa shape index (κ2) is 4.70. The van der Waals surface area contributed by atoms with Crippen LogP contribution in [0.1, 0.15) is 5.76 Å². The molecule has 16 heavy (non-hydrogen) atoms. The number of nitrogens with two attached hydrogens (primary N) is 1. The van der Waals surface area contributed by atoms with E-state index >= 15 is 0 Å². The Balaban J connectivity index is 1.89. The number of rotatable bonds is 4. The highest BCUT2D eigenvalue weighted by Crippen LogP contribution is 2.15. The van der Waals surface area contributed by atoms with Crippen molar-refractivity contribution in [2.45, 2.75) is 6.42 Å². The molecule has 0 radical (unpaired) electrons. The van der Waals surface area contributed by atoms with E-state index in [4.69, 9.17) is 10.2 Å². The lowest BCUT2D eigenvalue weighted by atomic mass is 10.2. The van der Waals surface area contributed by atoms with Crippen LogP contribution in [0.3, 0.4) is 0 Å². The van der Waals surface area contributed by atoms with Gasteiger partial charge < -0.3 is 15.5 Å². The Morgan fingerprint density at radius 2 is 2.19 bits per heavy atom. The summed E-state index contributed by atoms with van der Waals surface area (Å²) in [5.74, 6) is 0.567. The van der Waals surface area contributed by atoms with E-state index in [2.05, 4.69) is 5.32 Å². The fourth-order valence-electron chi connectivity index (χ4n) is 1.50. The van der Waals surface area contributed by atoms with Crippen LogP contribution in [0.2, 0.25) is 0 Å². The molecule has 0 spiro atoms. The minimum Gasteiger partial charge on any atom is -0.469 e. The maximum Gasteiger partial charge on any atom is 0.127 e. The number of furan rings is 1. The minimum absolute atomic E-state index is 0.333. The summed E-state index contributed by atoms with van der Waals surface area (Å²) in [6.07, 6.45) is 2.39. The molecule has 0 unspecified atom stereocenters. The first-order chi connectivity index (χ1) is 7.74. The van der Waals surface area contributed by atoms with E-state index in [0.717, 1.165) is 12.2 Å². The number of nitrogens with one attached hydrogen (secondary N) is 1. The monoisotopic (exact) mass is 220 g/mol. The van der Waals surface area contributed by atoms with E-state index in [-0.39, 0.29) is 5.82 Å². The number of halogens is 1. The van der Waals surface area contributed by atoms with Crippen molar-refractivity contribution in [1.29, 1.82) is 0 Å². The van der Waals surface area contributed by atoms with Gasteiger partial charge in [-0.25, -0.2) is 4.39 Å². The molecule has 0 aliphatic heterocycles. The Kier molecular flexibility index (Phi) is 3.10. The summed E-state index contributed by atoms with van der Waals surface area (Å²) in [7, 11) is 0. The van der Waals surface area contributed by atoms with Crippen molar-refractivity contribution < 1.29 is 8.81 Å². The van der Waals surface area contributed by atoms with Crippen LogP contribution in [0, 0.1) is 5.82 Å². The average molecular weight is 220 g/mol. The van der Waals surface area contributed by atoms with Crippen molar-refractivity contribution >= 4 is 11.4 Å². The Morgan fingerprint density at radius 3 is 2.88 bits per heavy atom. The van der Waals surface area contributed by atoms with E-state index in [9.17, 15) is 4.39 Å². The molecule has 3 nitrogen and oxygen atoms in total. The smallest absolute Gasteiger partial charge is 0.127 e. The predicted molar refractivity (Wildman–Crippen MR) is 61.7 cm³/mol. The molecule has 2 rings (SSSR count). The Morgan fingerprint density at radius 1 is 1.31 bits per heavy atom. The molecule has 4 heteroatoms. The summed E-state index contributed by atoms with van der Waals surface area (Å²) < 4.78 is 18.2. The highest BCUT2D eigenvalue weighted by Gasteiger charge is 1.99. The van der Waals surface area contributed by atoms with Gasteiger partial charge in [-0.2, -0.15) is 0 Å². The summed E-state index contributed by atoms with van der Waals surface area (Å²) in [5, 5.41) is 3.08. The number of benzene rings is 1. The topological polar surface area (TPSA) is 51.2 Å². The molecule has 2 aromatic rings. The molecule has 3 N–H and O–H groups in total. The fourth-order valence-corrected chi connectivity index (χ4v) is 1.50. The van der Waals surface area contributed by atoms with Gasteiger partial charge in [0.1, 0.15) is 11.6 Å². The van der Waals surface area contributed by atoms with Gasteiger partial charge in [-0.15, -0.1) is 0 Å². The zero-order valence-corrected chi connectivity index (χ0v) is 8.74. The van der Waals surface area contributed by atoms with Gasteiger partial charge in [-0.05, 0) is 30.3 Å². The molecule has 1 aromatic heterocycles. The zero-order chi connectivity index (χ0) is 11.4. The van der Waals surface area contributed by atoms with Crippen molar-refractivity contribution in [2.75, 3.05) is 17.6 Å². The van der Waals surface area contributed by atoms with E-state index < -0.39 is 0 Å². The molecule has 84 valence electrons. The van der Waals surface area contributed by atoms with Gasteiger partial charge in [0, 0.05) is 24.3 Å². The lowest BCUT2D eigenvalue weighted by Gasteiger charge is -2.06. The van der Waals surface area contributed by atoms with Crippen LogP contribution in [0.4, 0.5) is 15.8 Å². The fraction of sp³-hybridized carbons (Fsp3) is 0.167. The van der Waals surface area contributed by atoms with Crippen LogP contribution in [0.15, 0.2) is 41.0 Å². The summed E-state index contributed by atoms with van der Waals surface area (Å²) in [6.45, 7) is 0.677. The predicted octanol–water partition coefficient (Wildman–Crippen LogP) is 2.66. The Hall–Kier alpha value is -1.97. The standard InChI is InChI=1S/C12H13FN2O/c13-9-6-10(14)8-11(7-9)15-4-3-12-2-1-5-16-12/h1-2,5-8,15H,3-4,14H2. The first kappa shape index (κ1) is 10.5. The van der Waals surface area contributed by atoms with Crippen molar-refractivity contribution in [2.24, 2.45) is 0 Å². The molecule has 1 aromatic carbocycles. The van der Waals surface area contributed by atoms with Gasteiger partial charge in [-0.3, -0.25) is 0 Å². The van der Waals surface area contributed by atoms with E-state index in [0.29, 0.717) is 17.9 Å². The Bertz CT molecular complexity index is 434. The van der Waals surface area contributed by atoms with Gasteiger partial charge >= 0.3 is 0 Å². The quantitative estimate of drug-likeness (QED) is 0.779.